The predicted octanol–water partition coefficient (Wildman–Crippen LogP) is 23.2. The Balaban J connectivity index is -0.000000202. The Bertz CT molecular complexity index is 2470. The minimum atomic E-state index is -2.18. The zero-order valence-electron chi connectivity index (χ0n) is 68.8. The number of epoxide rings is 1. The molecule has 12 atom stereocenters. The second-order valence-electron chi connectivity index (χ2n) is 26.3. The van der Waals surface area contributed by atoms with Crippen molar-refractivity contribution in [1.29, 1.82) is 0 Å². The third-order valence-corrected chi connectivity index (χ3v) is 37.0. The van der Waals surface area contributed by atoms with E-state index in [2.05, 4.69) is 67.6 Å². The van der Waals surface area contributed by atoms with E-state index < -0.39 is 89.6 Å². The first-order chi connectivity index (χ1) is 46.9. The van der Waals surface area contributed by atoms with E-state index >= 15 is 0 Å². The number of halogens is 1. The fourth-order valence-electron chi connectivity index (χ4n) is 12.1. The van der Waals surface area contributed by atoms with Gasteiger partial charge >= 0.3 is 140 Å². The summed E-state index contributed by atoms with van der Waals surface area (Å²) in [6, 6.07) is 0. The number of aliphatic hydroxyl groups excluding tert-OH is 5. The number of nitrogens with zero attached hydrogens (tertiary/aromatic N) is 2. The molecule has 5 rings (SSSR count). The summed E-state index contributed by atoms with van der Waals surface area (Å²) in [7, 11) is 0. The molecule has 0 saturated carbocycles. The van der Waals surface area contributed by atoms with Crippen molar-refractivity contribution in [2.45, 2.75) is 401 Å². The summed E-state index contributed by atoms with van der Waals surface area (Å²) in [5.41, 5.74) is 0.767. The Kier molecular flexibility index (Phi) is 73.8. The van der Waals surface area contributed by atoms with E-state index in [1.807, 2.05) is 165 Å². The van der Waals surface area contributed by atoms with E-state index in [-0.39, 0.29) is 76.8 Å². The van der Waals surface area contributed by atoms with E-state index in [1.54, 1.807) is 56.6 Å². The fraction of sp³-hybridized carbons (Fsp3) is 0.810. The number of ketones is 2. The summed E-state index contributed by atoms with van der Waals surface area (Å²) in [6.07, 6.45) is 12.9. The van der Waals surface area contributed by atoms with Gasteiger partial charge in [0.2, 0.25) is 0 Å². The second-order valence-corrected chi connectivity index (χ2v) is 42.1. The van der Waals surface area contributed by atoms with Crippen LogP contribution in [0.1, 0.15) is 341 Å². The molecule has 6 unspecified atom stereocenters. The zero-order valence-corrected chi connectivity index (χ0v) is 75.4. The number of hydrogen-bond acceptors (Lipinski definition) is 16. The molecule has 3 aliphatic rings. The van der Waals surface area contributed by atoms with Gasteiger partial charge in [-0.15, -0.1) is 11.3 Å². The zero-order chi connectivity index (χ0) is 78.0. The Morgan fingerprint density at radius 3 is 1.38 bits per heavy atom. The molecule has 14 nitrogen and oxygen atoms in total. The molecule has 2 aromatic rings. The van der Waals surface area contributed by atoms with Crippen LogP contribution >= 0.6 is 45.3 Å². The van der Waals surface area contributed by atoms with Crippen molar-refractivity contribution in [3.8, 4) is 0 Å². The molecule has 2 aromatic heterocycles. The van der Waals surface area contributed by atoms with E-state index in [9.17, 15) is 44.7 Å². The number of esters is 2. The van der Waals surface area contributed by atoms with Crippen molar-refractivity contribution >= 4 is 96.9 Å². The van der Waals surface area contributed by atoms with Crippen molar-refractivity contribution in [1.82, 2.24) is 9.97 Å². The van der Waals surface area contributed by atoms with Crippen LogP contribution in [0.25, 0.3) is 6.08 Å². The van der Waals surface area contributed by atoms with Gasteiger partial charge in [-0.2, -0.15) is 0 Å². The maximum absolute atomic E-state index is 13.3. The van der Waals surface area contributed by atoms with E-state index in [0.717, 1.165) is 59.5 Å². The molecule has 3 aliphatic heterocycles. The Morgan fingerprint density at radius 2 is 1.02 bits per heavy atom. The predicted molar refractivity (Wildman–Crippen MR) is 457 cm³/mol. The minimum Gasteiger partial charge on any atom is -0.458 e. The van der Waals surface area contributed by atoms with Crippen molar-refractivity contribution in [3.05, 3.63) is 53.3 Å². The standard InChI is InChI=1S/C28H43NO6S.C23H37IO6.C4H4NS.3C4H9.7C2H6.3CH4.Sn/c1-8-28-11-9-10-16(2)25(32)18(4)26(33)27(6,7)22(30)14-24(31)34-21(13-23(28)35-28)17(3)12-20-15-36-19(5)29-20;1-14-7-6-8-17(13-25)9-10-18(15(2)12-24)30-20(27)11-19(26)23(4,5)22(29)16(3)21(14)28;1-4-5-2-3-6-4;3*1-3-4-2;7*1-2;;;;/h12,15-16,18,21-23,25,30,32H,8-11,13-14H2,1-7H3;9,12,14,16,18-19,21,25-26,28H,6-8,10-11,13H2,1-5H3;3H,1H3;3*1,3-4H2,2H3;7*1-2H3;3*1H4;/b17-12+;15-12+,17-9+;;;;;;;;;;;;;;;/t16?,18?,21-,22?,23-,25-,28+;14?,16?,18-,19?,21-;;;;;;;;;;;;;;;/m00.............../s1. The topological polar surface area (TPSA) is 226 Å². The van der Waals surface area contributed by atoms with Gasteiger partial charge in [0.25, 0.3) is 0 Å². The number of aromatic nitrogens is 2. The van der Waals surface area contributed by atoms with Gasteiger partial charge in [0, 0.05) is 30.1 Å². The molecule has 0 spiro atoms. The number of unbranched alkanes of at least 4 members (excludes halogenated alkanes) is 3. The summed E-state index contributed by atoms with van der Waals surface area (Å²) in [5.74, 6) is -3.17. The number of fused-ring (bicyclic) bond motifs is 1. The minimum absolute atomic E-state index is 0. The Hall–Kier alpha value is -1.95. The SMILES string of the molecule is C.C.C.C/C(=C\I)[C@@H]1C/C=C(/CO)CCCC(C)[C@H](O)C(C)C(=O)C(C)(C)C(O)CC(=O)O1.CC.CC.CC.CC.CC.CC.CC.CCC[CH2][Sn]([CH2]CCC)([CH2]CCC)[c]1csc(C)n1.CC[C@@]12CCCC(C)[C@H](O)C(C)C(=O)C(C)(C)C(O)CC(=O)O[C@H](/C(C)=C/c3csc(C)n3)C[C@@H]1O2. The van der Waals surface area contributed by atoms with Crippen LogP contribution in [0.4, 0.5) is 0 Å². The van der Waals surface area contributed by atoms with Crippen molar-refractivity contribution in [3.63, 3.8) is 0 Å². The van der Waals surface area contributed by atoms with E-state index in [1.165, 1.54) is 56.8 Å². The van der Waals surface area contributed by atoms with Gasteiger partial charge in [0.05, 0.1) is 77.1 Å². The van der Waals surface area contributed by atoms with Crippen LogP contribution in [0.5, 0.6) is 0 Å². The summed E-state index contributed by atoms with van der Waals surface area (Å²) in [5, 5.41) is 59.4. The number of aryl methyl sites for hydroxylation is 2. The van der Waals surface area contributed by atoms with Crippen LogP contribution in [0.3, 0.4) is 0 Å². The number of aliphatic hydroxyl groups is 5. The Morgan fingerprint density at radius 1 is 0.618 bits per heavy atom. The normalized spacial score (nSPS) is 25.8. The molecule has 0 bridgehead atoms. The second kappa shape index (κ2) is 65.0. The molecule has 5 heterocycles. The first-order valence-corrected chi connectivity index (χ1v) is 49.4. The van der Waals surface area contributed by atoms with Crippen molar-refractivity contribution in [2.75, 3.05) is 6.61 Å². The van der Waals surface area contributed by atoms with Crippen LogP contribution in [-0.4, -0.2) is 132 Å². The van der Waals surface area contributed by atoms with Gasteiger partial charge in [0.1, 0.15) is 23.8 Å². The molecule has 2 fully saturated rings. The maximum atomic E-state index is 13.3. The van der Waals surface area contributed by atoms with Gasteiger partial charge in [-0.3, -0.25) is 19.2 Å². The van der Waals surface area contributed by atoms with Crippen LogP contribution < -0.4 is 3.71 Å². The first-order valence-electron chi connectivity index (χ1n) is 38.9. The number of carbonyl (C=O) groups excluding carboxylic acids is 4. The number of carbonyl (C=O) groups is 4. The fourth-order valence-corrected chi connectivity index (χ4v) is 31.0. The summed E-state index contributed by atoms with van der Waals surface area (Å²) in [6.45, 7) is 58.7. The smallest absolute Gasteiger partial charge is 0.309 e. The molecule has 0 radical (unpaired) electrons. The number of hydrogen-bond donors (Lipinski definition) is 5. The molecular formula is C84H165IN2O12S2Sn. The van der Waals surface area contributed by atoms with Gasteiger partial charge in [-0.25, -0.2) is 4.98 Å². The number of rotatable bonds is 15. The van der Waals surface area contributed by atoms with Gasteiger partial charge in [-0.1, -0.05) is 217 Å². The number of ether oxygens (including phenoxy) is 3. The number of Topliss-reactive ketones (excluding diaryl/α,β-unsaturated/α-hetero) is 2. The molecule has 2 saturated heterocycles. The molecule has 0 amide bonds. The summed E-state index contributed by atoms with van der Waals surface area (Å²) < 4.78 is 25.8. The van der Waals surface area contributed by atoms with Crippen LogP contribution in [0.15, 0.2) is 37.6 Å². The third kappa shape index (κ3) is 40.5. The van der Waals surface area contributed by atoms with Crippen LogP contribution in [0.2, 0.25) is 13.3 Å². The number of thiazole rings is 2. The van der Waals surface area contributed by atoms with Crippen molar-refractivity contribution in [2.24, 2.45) is 34.5 Å². The van der Waals surface area contributed by atoms with Gasteiger partial charge < -0.3 is 39.7 Å². The average molecular weight is 1700 g/mol. The quantitative estimate of drug-likeness (QED) is 0.0368. The molecule has 5 N–H and O–H groups in total. The van der Waals surface area contributed by atoms with E-state index in [4.69, 9.17) is 19.2 Å². The third-order valence-electron chi connectivity index (χ3n) is 18.8. The maximum Gasteiger partial charge on any atom is 0.309 e. The van der Waals surface area contributed by atoms with Crippen molar-refractivity contribution < 1.29 is 58.9 Å². The Labute approximate surface area is 655 Å². The molecule has 606 valence electrons. The summed E-state index contributed by atoms with van der Waals surface area (Å²) in [4.78, 5) is 61.3. The monoisotopic (exact) mass is 1700 g/mol. The number of cyclic esters (lactones) is 2. The van der Waals surface area contributed by atoms with Gasteiger partial charge in [-0.05, 0) is 98.0 Å². The molecule has 0 aromatic carbocycles. The molecule has 102 heavy (non-hydrogen) atoms. The molecule has 18 heteroatoms. The molecular weight excluding hydrogens is 1540 g/mol. The summed E-state index contributed by atoms with van der Waals surface area (Å²) >= 11 is 3.35. The average Bonchev–Trinajstić information content (AvgIpc) is 1.60. The molecule has 0 aliphatic carbocycles. The van der Waals surface area contributed by atoms with Crippen LogP contribution in [-0.2, 0) is 33.4 Å². The first kappa shape index (κ1) is 116. The van der Waals surface area contributed by atoms with E-state index in [0.29, 0.717) is 25.7 Å². The largest absolute Gasteiger partial charge is 0.458 e. The van der Waals surface area contributed by atoms with Crippen LogP contribution in [0, 0.1) is 48.3 Å². The van der Waals surface area contributed by atoms with Gasteiger partial charge in [0.15, 0.2) is 0 Å².